The predicted octanol–water partition coefficient (Wildman–Crippen LogP) is 2.25. The number of benzene rings is 1. The first-order valence-electron chi connectivity index (χ1n) is 6.19. The average Bonchev–Trinajstić information content (AvgIpc) is 2.36. The van der Waals surface area contributed by atoms with Gasteiger partial charge in [0.2, 0.25) is 0 Å². The normalized spacial score (nSPS) is 24.6. The van der Waals surface area contributed by atoms with Crippen molar-refractivity contribution < 1.29 is 9.60 Å². The molecule has 3 N–H and O–H groups in total. The van der Waals surface area contributed by atoms with Crippen LogP contribution in [0.1, 0.15) is 19.4 Å². The molecule has 1 saturated heterocycles. The van der Waals surface area contributed by atoms with Crippen LogP contribution in [0.25, 0.3) is 0 Å². The summed E-state index contributed by atoms with van der Waals surface area (Å²) in [5.41, 5.74) is 6.41. The number of halogens is 1. The molecule has 2 atom stereocenters. The topological polar surface area (TPSA) is 61.8 Å². The van der Waals surface area contributed by atoms with Gasteiger partial charge in [0, 0.05) is 29.2 Å². The molecule has 0 radical (unpaired) electrons. The Bertz CT molecular complexity index is 485. The van der Waals surface area contributed by atoms with Crippen molar-refractivity contribution in [1.29, 1.82) is 0 Å². The van der Waals surface area contributed by atoms with E-state index >= 15 is 0 Å². The summed E-state index contributed by atoms with van der Waals surface area (Å²) >= 11 is 1.92. The number of nitrogens with two attached hydrogens (primary N) is 1. The molecule has 2 unspecified atom stereocenters. The quantitative estimate of drug-likeness (QED) is 0.378. The first kappa shape index (κ1) is 14.0. The van der Waals surface area contributed by atoms with Crippen molar-refractivity contribution in [1.82, 2.24) is 0 Å². The molecule has 2 rings (SSSR count). The monoisotopic (exact) mass is 283 g/mol. The Kier molecular flexibility index (Phi) is 4.19. The SMILES string of the molecule is CC1CN(c2ccc(C(N)=NO)cc2F)CC(C)S1. The molecule has 0 bridgehead atoms. The Hall–Kier alpha value is -1.43. The van der Waals surface area contributed by atoms with E-state index in [1.54, 1.807) is 12.1 Å². The van der Waals surface area contributed by atoms with Crippen molar-refractivity contribution in [3.63, 3.8) is 0 Å². The number of anilines is 1. The summed E-state index contributed by atoms with van der Waals surface area (Å²) in [6, 6.07) is 4.67. The highest BCUT2D eigenvalue weighted by molar-refractivity contribution is 8.00. The molecule has 104 valence electrons. The van der Waals surface area contributed by atoms with Gasteiger partial charge in [0.05, 0.1) is 5.69 Å². The van der Waals surface area contributed by atoms with E-state index in [-0.39, 0.29) is 11.7 Å². The predicted molar refractivity (Wildman–Crippen MR) is 77.6 cm³/mol. The molecular formula is C13H18FN3OS. The maximum atomic E-state index is 14.1. The zero-order chi connectivity index (χ0) is 14.0. The van der Waals surface area contributed by atoms with Crippen LogP contribution in [0.2, 0.25) is 0 Å². The molecule has 0 spiro atoms. The summed E-state index contributed by atoms with van der Waals surface area (Å²) in [5.74, 6) is -0.420. The second kappa shape index (κ2) is 5.69. The van der Waals surface area contributed by atoms with E-state index in [1.807, 2.05) is 11.8 Å². The largest absolute Gasteiger partial charge is 0.409 e. The molecule has 1 fully saturated rings. The molecule has 0 aliphatic carbocycles. The van der Waals surface area contributed by atoms with Crippen LogP contribution in [0, 0.1) is 5.82 Å². The van der Waals surface area contributed by atoms with Crippen molar-refractivity contribution in [2.24, 2.45) is 10.9 Å². The van der Waals surface area contributed by atoms with E-state index < -0.39 is 0 Å². The molecule has 0 amide bonds. The fraction of sp³-hybridized carbons (Fsp3) is 0.462. The molecule has 0 aromatic heterocycles. The average molecular weight is 283 g/mol. The number of hydrogen-bond donors (Lipinski definition) is 2. The fourth-order valence-electron chi connectivity index (χ4n) is 2.36. The maximum Gasteiger partial charge on any atom is 0.170 e. The second-order valence-corrected chi connectivity index (χ2v) is 6.70. The van der Waals surface area contributed by atoms with Gasteiger partial charge in [-0.1, -0.05) is 19.0 Å². The van der Waals surface area contributed by atoms with Gasteiger partial charge < -0.3 is 15.8 Å². The lowest BCUT2D eigenvalue weighted by molar-refractivity contribution is 0.318. The van der Waals surface area contributed by atoms with Gasteiger partial charge in [-0.3, -0.25) is 0 Å². The number of amidine groups is 1. The second-order valence-electron chi connectivity index (χ2n) is 4.81. The van der Waals surface area contributed by atoms with Crippen molar-refractivity contribution in [2.45, 2.75) is 24.3 Å². The van der Waals surface area contributed by atoms with Gasteiger partial charge in [0.1, 0.15) is 5.82 Å². The van der Waals surface area contributed by atoms with Gasteiger partial charge in [-0.25, -0.2) is 4.39 Å². The van der Waals surface area contributed by atoms with E-state index in [9.17, 15) is 4.39 Å². The first-order chi connectivity index (χ1) is 9.01. The Morgan fingerprint density at radius 1 is 1.42 bits per heavy atom. The third-order valence-corrected chi connectivity index (χ3v) is 4.34. The van der Waals surface area contributed by atoms with Crippen LogP contribution in [0.3, 0.4) is 0 Å². The van der Waals surface area contributed by atoms with Crippen LogP contribution >= 0.6 is 11.8 Å². The molecule has 1 heterocycles. The highest BCUT2D eigenvalue weighted by Crippen LogP contribution is 2.30. The van der Waals surface area contributed by atoms with Gasteiger partial charge >= 0.3 is 0 Å². The Morgan fingerprint density at radius 2 is 2.05 bits per heavy atom. The summed E-state index contributed by atoms with van der Waals surface area (Å²) in [6.45, 7) is 5.95. The smallest absolute Gasteiger partial charge is 0.170 e. The van der Waals surface area contributed by atoms with Crippen molar-refractivity contribution in [3.8, 4) is 0 Å². The first-order valence-corrected chi connectivity index (χ1v) is 7.13. The molecule has 4 nitrogen and oxygen atoms in total. The van der Waals surface area contributed by atoms with Gasteiger partial charge in [0.15, 0.2) is 5.84 Å². The van der Waals surface area contributed by atoms with Crippen molar-refractivity contribution in [3.05, 3.63) is 29.6 Å². The van der Waals surface area contributed by atoms with Gasteiger partial charge in [-0.05, 0) is 18.2 Å². The van der Waals surface area contributed by atoms with E-state index in [2.05, 4.69) is 23.9 Å². The van der Waals surface area contributed by atoms with Crippen molar-refractivity contribution >= 4 is 23.3 Å². The lowest BCUT2D eigenvalue weighted by Gasteiger charge is -2.36. The summed E-state index contributed by atoms with van der Waals surface area (Å²) in [6.07, 6.45) is 0. The van der Waals surface area contributed by atoms with Gasteiger partial charge in [-0.15, -0.1) is 0 Å². The molecule has 19 heavy (non-hydrogen) atoms. The van der Waals surface area contributed by atoms with Crippen LogP contribution in [-0.2, 0) is 0 Å². The molecule has 1 aliphatic heterocycles. The highest BCUT2D eigenvalue weighted by Gasteiger charge is 2.24. The van der Waals surface area contributed by atoms with E-state index in [0.717, 1.165) is 13.1 Å². The Labute approximate surface area is 116 Å². The molecular weight excluding hydrogens is 265 g/mol. The zero-order valence-electron chi connectivity index (χ0n) is 11.0. The minimum Gasteiger partial charge on any atom is -0.409 e. The van der Waals surface area contributed by atoms with Crippen LogP contribution < -0.4 is 10.6 Å². The highest BCUT2D eigenvalue weighted by atomic mass is 32.2. The summed E-state index contributed by atoms with van der Waals surface area (Å²) in [4.78, 5) is 2.05. The number of rotatable bonds is 2. The molecule has 6 heteroatoms. The standard InChI is InChI=1S/C13H18FN3OS/c1-8-6-17(7-9(2)19-8)12-4-3-10(5-11(12)14)13(15)16-18/h3-5,8-9,18H,6-7H2,1-2H3,(H2,15,16). The van der Waals surface area contributed by atoms with Crippen LogP contribution in [-0.4, -0.2) is 34.6 Å². The zero-order valence-corrected chi connectivity index (χ0v) is 11.8. The number of nitrogens with zero attached hydrogens (tertiary/aromatic N) is 2. The summed E-state index contributed by atoms with van der Waals surface area (Å²) in [7, 11) is 0. The van der Waals surface area contributed by atoms with E-state index in [0.29, 0.717) is 21.8 Å². The third-order valence-electron chi connectivity index (χ3n) is 3.11. The van der Waals surface area contributed by atoms with Gasteiger partial charge in [-0.2, -0.15) is 11.8 Å². The molecule has 1 aromatic rings. The lowest BCUT2D eigenvalue weighted by atomic mass is 10.1. The number of oxime groups is 1. The van der Waals surface area contributed by atoms with E-state index in [4.69, 9.17) is 10.9 Å². The minimum atomic E-state index is -0.338. The van der Waals surface area contributed by atoms with Crippen LogP contribution in [0.4, 0.5) is 10.1 Å². The number of hydrogen-bond acceptors (Lipinski definition) is 4. The minimum absolute atomic E-state index is 0.0821. The summed E-state index contributed by atoms with van der Waals surface area (Å²) in [5, 5.41) is 12.4. The number of thioether (sulfide) groups is 1. The van der Waals surface area contributed by atoms with Gasteiger partial charge in [0.25, 0.3) is 0 Å². The van der Waals surface area contributed by atoms with Crippen LogP contribution in [0.15, 0.2) is 23.4 Å². The molecule has 1 aromatic carbocycles. The summed E-state index contributed by atoms with van der Waals surface area (Å²) < 4.78 is 14.1. The molecule has 0 saturated carbocycles. The van der Waals surface area contributed by atoms with Crippen molar-refractivity contribution in [2.75, 3.05) is 18.0 Å². The Morgan fingerprint density at radius 3 is 2.58 bits per heavy atom. The fourth-order valence-corrected chi connectivity index (χ4v) is 3.68. The Balaban J connectivity index is 2.26. The van der Waals surface area contributed by atoms with Crippen LogP contribution in [0.5, 0.6) is 0 Å². The van der Waals surface area contributed by atoms with E-state index in [1.165, 1.54) is 6.07 Å². The third kappa shape index (κ3) is 3.12. The lowest BCUT2D eigenvalue weighted by Crippen LogP contribution is -2.40. The molecule has 1 aliphatic rings. The maximum absolute atomic E-state index is 14.1.